The molecule has 0 amide bonds. The maximum Gasteiger partial charge on any atom is 0.173 e. The number of nitrogens with zero attached hydrogens (tertiary/aromatic N) is 1. The van der Waals surface area contributed by atoms with Crippen molar-refractivity contribution in [1.29, 1.82) is 0 Å². The monoisotopic (exact) mass is 477 g/mol. The van der Waals surface area contributed by atoms with Crippen molar-refractivity contribution in [1.82, 2.24) is 4.90 Å². The second-order valence-corrected chi connectivity index (χ2v) is 8.68. The molecule has 0 atom stereocenters. The van der Waals surface area contributed by atoms with Crippen molar-refractivity contribution in [3.8, 4) is 0 Å². The van der Waals surface area contributed by atoms with Crippen molar-refractivity contribution in [3.05, 3.63) is 130 Å². The van der Waals surface area contributed by atoms with Crippen molar-refractivity contribution < 1.29 is 23.0 Å². The molecule has 1 aromatic heterocycles. The first-order chi connectivity index (χ1) is 16.9. The van der Waals surface area contributed by atoms with Gasteiger partial charge >= 0.3 is 0 Å². The van der Waals surface area contributed by atoms with Gasteiger partial charge in [-0.25, -0.2) is 8.78 Å². The number of hydrogen-bond acceptors (Lipinski definition) is 4. The van der Waals surface area contributed by atoms with Gasteiger partial charge in [0.15, 0.2) is 5.60 Å². The molecule has 0 spiro atoms. The Bertz CT molecular complexity index is 1170. The molecule has 35 heavy (non-hydrogen) atoms. The highest BCUT2D eigenvalue weighted by atomic mass is 19.1. The number of aliphatic hydroxyl groups is 1. The van der Waals surface area contributed by atoms with E-state index in [4.69, 9.17) is 9.15 Å². The molecule has 4 nitrogen and oxygen atoms in total. The number of ether oxygens (including phenoxy) is 1. The van der Waals surface area contributed by atoms with Crippen LogP contribution in [0.25, 0.3) is 0 Å². The van der Waals surface area contributed by atoms with Gasteiger partial charge in [-0.3, -0.25) is 4.90 Å². The highest BCUT2D eigenvalue weighted by molar-refractivity contribution is 5.44. The minimum atomic E-state index is -1.71. The van der Waals surface area contributed by atoms with E-state index in [1.165, 1.54) is 59.7 Å². The molecule has 3 aromatic carbocycles. The predicted molar refractivity (Wildman–Crippen MR) is 131 cm³/mol. The summed E-state index contributed by atoms with van der Waals surface area (Å²) < 4.78 is 38.7. The number of furan rings is 1. The third kappa shape index (κ3) is 5.85. The van der Waals surface area contributed by atoms with E-state index in [1.54, 1.807) is 13.2 Å². The molecule has 1 heterocycles. The fourth-order valence-electron chi connectivity index (χ4n) is 4.10. The lowest BCUT2D eigenvalue weighted by Crippen LogP contribution is -2.28. The first-order valence-corrected chi connectivity index (χ1v) is 11.5. The predicted octanol–water partition coefficient (Wildman–Crippen LogP) is 5.80. The van der Waals surface area contributed by atoms with Crippen LogP contribution in [0.4, 0.5) is 8.78 Å². The van der Waals surface area contributed by atoms with Crippen LogP contribution in [0.15, 0.2) is 89.3 Å². The standard InChI is InChI=1S/C29H29F2NO3/c1-21-3-5-22(6-4-21)19-32(17-18-34-2)20-27-15-16-28(35-27)29(33,23-7-11-25(30)12-8-23)24-9-13-26(31)14-10-24/h3-16,33H,17-20H2,1-2H3. The Hall–Kier alpha value is -3.32. The molecule has 0 radical (unpaired) electrons. The Morgan fingerprint density at radius 3 is 1.91 bits per heavy atom. The molecule has 0 unspecified atom stereocenters. The smallest absolute Gasteiger partial charge is 0.173 e. The van der Waals surface area contributed by atoms with E-state index in [9.17, 15) is 13.9 Å². The maximum atomic E-state index is 13.6. The normalized spacial score (nSPS) is 11.8. The van der Waals surface area contributed by atoms with E-state index < -0.39 is 17.2 Å². The van der Waals surface area contributed by atoms with Gasteiger partial charge in [0.25, 0.3) is 0 Å². The summed E-state index contributed by atoms with van der Waals surface area (Å²) in [6.45, 7) is 4.52. The van der Waals surface area contributed by atoms with Crippen molar-refractivity contribution in [2.24, 2.45) is 0 Å². The summed E-state index contributed by atoms with van der Waals surface area (Å²) in [6, 6.07) is 23.0. The summed E-state index contributed by atoms with van der Waals surface area (Å²) in [6.07, 6.45) is 0. The summed E-state index contributed by atoms with van der Waals surface area (Å²) in [5.74, 6) is 0.0964. The van der Waals surface area contributed by atoms with Crippen LogP contribution < -0.4 is 0 Å². The van der Waals surface area contributed by atoms with Gasteiger partial charge in [-0.05, 0) is 60.0 Å². The Balaban J connectivity index is 1.64. The molecule has 1 N–H and O–H groups in total. The van der Waals surface area contributed by atoms with E-state index in [1.807, 2.05) is 6.07 Å². The third-order valence-corrected chi connectivity index (χ3v) is 6.06. The average molecular weight is 478 g/mol. The summed E-state index contributed by atoms with van der Waals surface area (Å²) in [5, 5.41) is 11.9. The number of hydrogen-bond donors (Lipinski definition) is 1. The maximum absolute atomic E-state index is 13.6. The Kier molecular flexibility index (Phi) is 7.76. The topological polar surface area (TPSA) is 45.8 Å². The molecule has 6 heteroatoms. The van der Waals surface area contributed by atoms with Crippen LogP contribution in [0.3, 0.4) is 0 Å². The van der Waals surface area contributed by atoms with Gasteiger partial charge in [0.05, 0.1) is 13.2 Å². The van der Waals surface area contributed by atoms with Crippen molar-refractivity contribution in [2.45, 2.75) is 25.6 Å². The molecular weight excluding hydrogens is 448 g/mol. The Morgan fingerprint density at radius 2 is 1.37 bits per heavy atom. The molecule has 0 bridgehead atoms. The van der Waals surface area contributed by atoms with E-state index in [2.05, 4.69) is 36.1 Å². The van der Waals surface area contributed by atoms with Gasteiger partial charge in [0.1, 0.15) is 23.2 Å². The fourth-order valence-corrected chi connectivity index (χ4v) is 4.10. The van der Waals surface area contributed by atoms with Gasteiger partial charge in [-0.1, -0.05) is 54.1 Å². The van der Waals surface area contributed by atoms with Crippen LogP contribution in [0, 0.1) is 18.6 Å². The van der Waals surface area contributed by atoms with Crippen LogP contribution in [-0.2, 0) is 23.4 Å². The van der Waals surface area contributed by atoms with Gasteiger partial charge in [0, 0.05) is 20.2 Å². The second-order valence-electron chi connectivity index (χ2n) is 8.68. The van der Waals surface area contributed by atoms with E-state index in [-0.39, 0.29) is 5.76 Å². The van der Waals surface area contributed by atoms with Crippen molar-refractivity contribution in [3.63, 3.8) is 0 Å². The highest BCUT2D eigenvalue weighted by Crippen LogP contribution is 2.38. The van der Waals surface area contributed by atoms with E-state index in [0.717, 1.165) is 0 Å². The summed E-state index contributed by atoms with van der Waals surface area (Å²) >= 11 is 0. The molecule has 0 saturated heterocycles. The Labute approximate surface area is 204 Å². The molecule has 4 rings (SSSR count). The molecule has 0 aliphatic rings. The zero-order chi connectivity index (χ0) is 24.8. The second kappa shape index (κ2) is 11.0. The van der Waals surface area contributed by atoms with Crippen molar-refractivity contribution in [2.75, 3.05) is 20.3 Å². The molecule has 182 valence electrons. The fraction of sp³-hybridized carbons (Fsp3) is 0.241. The summed E-state index contributed by atoms with van der Waals surface area (Å²) in [4.78, 5) is 2.20. The SMILES string of the molecule is COCCN(Cc1ccc(C)cc1)Cc1ccc(C(O)(c2ccc(F)cc2)c2ccc(F)cc2)o1. The molecule has 0 fully saturated rings. The minimum Gasteiger partial charge on any atom is -0.461 e. The number of aryl methyl sites for hydroxylation is 1. The third-order valence-electron chi connectivity index (χ3n) is 6.06. The highest BCUT2D eigenvalue weighted by Gasteiger charge is 2.37. The van der Waals surface area contributed by atoms with Gasteiger partial charge in [-0.15, -0.1) is 0 Å². The van der Waals surface area contributed by atoms with Gasteiger partial charge in [0.2, 0.25) is 0 Å². The molecular formula is C29H29F2NO3. The van der Waals surface area contributed by atoms with Gasteiger partial charge < -0.3 is 14.3 Å². The van der Waals surface area contributed by atoms with Crippen LogP contribution in [0.1, 0.15) is 33.8 Å². The van der Waals surface area contributed by atoms with Crippen LogP contribution in [0.5, 0.6) is 0 Å². The number of benzene rings is 3. The van der Waals surface area contributed by atoms with Crippen LogP contribution in [0.2, 0.25) is 0 Å². The zero-order valence-electron chi connectivity index (χ0n) is 19.9. The number of methoxy groups -OCH3 is 1. The van der Waals surface area contributed by atoms with Crippen molar-refractivity contribution >= 4 is 0 Å². The van der Waals surface area contributed by atoms with Crippen LogP contribution >= 0.6 is 0 Å². The molecule has 4 aromatic rings. The largest absolute Gasteiger partial charge is 0.461 e. The van der Waals surface area contributed by atoms with E-state index >= 15 is 0 Å². The number of halogens is 2. The molecule has 0 aliphatic carbocycles. The first-order valence-electron chi connectivity index (χ1n) is 11.5. The Morgan fingerprint density at radius 1 is 0.800 bits per heavy atom. The first kappa shape index (κ1) is 24.8. The lowest BCUT2D eigenvalue weighted by atomic mass is 9.84. The lowest BCUT2D eigenvalue weighted by molar-refractivity contribution is 0.0931. The molecule has 0 aliphatic heterocycles. The number of rotatable bonds is 10. The summed E-state index contributed by atoms with van der Waals surface area (Å²) in [5.41, 5.74) is 1.50. The zero-order valence-corrected chi connectivity index (χ0v) is 19.9. The van der Waals surface area contributed by atoms with Crippen LogP contribution in [-0.4, -0.2) is 30.3 Å². The van der Waals surface area contributed by atoms with E-state index in [0.29, 0.717) is 43.1 Å². The minimum absolute atomic E-state index is 0.271. The average Bonchev–Trinajstić information content (AvgIpc) is 3.33. The van der Waals surface area contributed by atoms with Gasteiger partial charge in [-0.2, -0.15) is 0 Å². The quantitative estimate of drug-likeness (QED) is 0.314. The lowest BCUT2D eigenvalue weighted by Gasteiger charge is -2.27. The summed E-state index contributed by atoms with van der Waals surface area (Å²) in [7, 11) is 1.67. The molecule has 0 saturated carbocycles.